The molecule has 26 heavy (non-hydrogen) atoms. The van der Waals surface area contributed by atoms with E-state index in [4.69, 9.17) is 27.7 Å². The summed E-state index contributed by atoms with van der Waals surface area (Å²) < 4.78 is 5.61. The van der Waals surface area contributed by atoms with Crippen molar-refractivity contribution in [2.24, 2.45) is 0 Å². The molecule has 2 aliphatic carbocycles. The number of alkyl halides is 1. The third-order valence-corrected chi connectivity index (χ3v) is 6.17. The van der Waals surface area contributed by atoms with Gasteiger partial charge in [0.2, 0.25) is 5.88 Å². The lowest BCUT2D eigenvalue weighted by atomic mass is 9.78. The van der Waals surface area contributed by atoms with E-state index in [1.165, 1.54) is 5.56 Å². The molecular formula is C21H22Cl2N2O. The fourth-order valence-corrected chi connectivity index (χ4v) is 4.81. The van der Waals surface area contributed by atoms with Gasteiger partial charge in [0.1, 0.15) is 0 Å². The van der Waals surface area contributed by atoms with Crippen molar-refractivity contribution in [3.63, 3.8) is 0 Å². The van der Waals surface area contributed by atoms with Crippen molar-refractivity contribution in [1.82, 2.24) is 5.16 Å². The van der Waals surface area contributed by atoms with E-state index < -0.39 is 4.87 Å². The normalized spacial score (nSPS) is 25.3. The first-order chi connectivity index (χ1) is 12.5. The van der Waals surface area contributed by atoms with Crippen molar-refractivity contribution in [2.75, 3.05) is 19.0 Å². The minimum atomic E-state index is -0.585. The van der Waals surface area contributed by atoms with Crippen molar-refractivity contribution in [2.45, 2.75) is 36.5 Å². The van der Waals surface area contributed by atoms with E-state index in [1.807, 2.05) is 49.3 Å². The number of fused-ring (bicyclic) bond motifs is 1. The highest BCUT2D eigenvalue weighted by Crippen LogP contribution is 2.48. The highest BCUT2D eigenvalue weighted by atomic mass is 35.5. The fraction of sp³-hybridized carbons (Fsp3) is 0.381. The average Bonchev–Trinajstić information content (AvgIpc) is 3.07. The maximum atomic E-state index is 6.90. The molecule has 0 amide bonds. The van der Waals surface area contributed by atoms with Gasteiger partial charge in [-0.25, -0.2) is 0 Å². The molecule has 4 rings (SSSR count). The van der Waals surface area contributed by atoms with Gasteiger partial charge in [-0.15, -0.1) is 11.6 Å². The Morgan fingerprint density at radius 1 is 1.23 bits per heavy atom. The molecule has 0 bridgehead atoms. The highest BCUT2D eigenvalue weighted by Gasteiger charge is 2.36. The molecule has 2 aromatic rings. The third kappa shape index (κ3) is 2.97. The van der Waals surface area contributed by atoms with Crippen molar-refractivity contribution in [1.29, 1.82) is 0 Å². The third-order valence-electron chi connectivity index (χ3n) is 5.34. The predicted molar refractivity (Wildman–Crippen MR) is 107 cm³/mol. The van der Waals surface area contributed by atoms with Crippen LogP contribution >= 0.6 is 23.2 Å². The van der Waals surface area contributed by atoms with Gasteiger partial charge in [0.15, 0.2) is 0 Å². The summed E-state index contributed by atoms with van der Waals surface area (Å²) in [7, 11) is 3.97. The molecule has 3 nitrogen and oxygen atoms in total. The van der Waals surface area contributed by atoms with E-state index in [0.29, 0.717) is 6.42 Å². The van der Waals surface area contributed by atoms with Crippen molar-refractivity contribution >= 4 is 29.1 Å². The van der Waals surface area contributed by atoms with E-state index in [-0.39, 0.29) is 5.92 Å². The van der Waals surface area contributed by atoms with E-state index in [1.54, 1.807) is 0 Å². The Kier molecular flexibility index (Phi) is 4.62. The van der Waals surface area contributed by atoms with Crippen molar-refractivity contribution in [3.05, 3.63) is 69.9 Å². The lowest BCUT2D eigenvalue weighted by molar-refractivity contribution is 0.411. The van der Waals surface area contributed by atoms with Gasteiger partial charge in [-0.2, -0.15) is 0 Å². The van der Waals surface area contributed by atoms with Crippen LogP contribution in [0.25, 0.3) is 0 Å². The highest BCUT2D eigenvalue weighted by molar-refractivity contribution is 6.32. The Balaban J connectivity index is 1.67. The van der Waals surface area contributed by atoms with E-state index >= 15 is 0 Å². The molecule has 1 aromatic carbocycles. The Labute approximate surface area is 164 Å². The van der Waals surface area contributed by atoms with Gasteiger partial charge in [-0.3, -0.25) is 0 Å². The lowest BCUT2D eigenvalue weighted by Crippen LogP contribution is -2.21. The molecule has 2 unspecified atom stereocenters. The first kappa shape index (κ1) is 17.7. The van der Waals surface area contributed by atoms with Gasteiger partial charge in [-0.05, 0) is 30.4 Å². The monoisotopic (exact) mass is 388 g/mol. The second kappa shape index (κ2) is 6.79. The van der Waals surface area contributed by atoms with Crippen LogP contribution in [0.1, 0.15) is 42.0 Å². The summed E-state index contributed by atoms with van der Waals surface area (Å²) in [5.41, 5.74) is 4.43. The summed E-state index contributed by atoms with van der Waals surface area (Å²) in [6.45, 7) is 0. The quantitative estimate of drug-likeness (QED) is 0.626. The molecule has 0 radical (unpaired) electrons. The average molecular weight is 389 g/mol. The number of benzene rings is 1. The fourth-order valence-electron chi connectivity index (χ4n) is 4.01. The Hall–Kier alpha value is -1.71. The lowest BCUT2D eigenvalue weighted by Gasteiger charge is -2.31. The summed E-state index contributed by atoms with van der Waals surface area (Å²) in [6, 6.07) is 10.1. The predicted octanol–water partition coefficient (Wildman–Crippen LogP) is 5.75. The van der Waals surface area contributed by atoms with E-state index in [0.717, 1.165) is 47.0 Å². The van der Waals surface area contributed by atoms with Crippen LogP contribution in [0, 0.1) is 0 Å². The van der Waals surface area contributed by atoms with Crippen LogP contribution in [-0.2, 0) is 11.3 Å². The zero-order valence-corrected chi connectivity index (χ0v) is 16.5. The number of anilines is 1. The van der Waals surface area contributed by atoms with Gasteiger partial charge in [-0.1, -0.05) is 59.2 Å². The molecule has 0 fully saturated rings. The van der Waals surface area contributed by atoms with Gasteiger partial charge in [0, 0.05) is 37.0 Å². The second-order valence-corrected chi connectivity index (χ2v) is 8.42. The van der Waals surface area contributed by atoms with Crippen molar-refractivity contribution < 1.29 is 4.52 Å². The van der Waals surface area contributed by atoms with Crippen LogP contribution in [0.3, 0.4) is 0 Å². The van der Waals surface area contributed by atoms with Gasteiger partial charge in [0.25, 0.3) is 0 Å². The SMILES string of the molecule is CN(C)c1onc2c1CCCC2C1=C(Cl)CC(Cl)(c2ccccc2)C=C1. The number of nitrogens with zero attached hydrogens (tertiary/aromatic N) is 2. The van der Waals surface area contributed by atoms with Crippen LogP contribution in [0.4, 0.5) is 5.88 Å². The molecule has 0 aliphatic heterocycles. The van der Waals surface area contributed by atoms with E-state index in [9.17, 15) is 0 Å². The molecule has 1 heterocycles. The number of aromatic nitrogens is 1. The minimum Gasteiger partial charge on any atom is -0.347 e. The smallest absolute Gasteiger partial charge is 0.230 e. The molecule has 2 aliphatic rings. The first-order valence-electron chi connectivity index (χ1n) is 8.97. The van der Waals surface area contributed by atoms with Crippen LogP contribution < -0.4 is 4.90 Å². The Bertz CT molecular complexity index is 869. The molecule has 0 saturated carbocycles. The van der Waals surface area contributed by atoms with Crippen molar-refractivity contribution in [3.8, 4) is 0 Å². The minimum absolute atomic E-state index is 0.178. The summed E-state index contributed by atoms with van der Waals surface area (Å²) in [5, 5.41) is 5.21. The summed E-state index contributed by atoms with van der Waals surface area (Å²) in [6.07, 6.45) is 7.90. The molecule has 1 aromatic heterocycles. The Morgan fingerprint density at radius 2 is 2.00 bits per heavy atom. The summed E-state index contributed by atoms with van der Waals surface area (Å²) in [5.74, 6) is 1.04. The zero-order valence-electron chi connectivity index (χ0n) is 15.0. The maximum Gasteiger partial charge on any atom is 0.230 e. The molecule has 0 spiro atoms. The zero-order chi connectivity index (χ0) is 18.3. The molecule has 5 heteroatoms. The molecular weight excluding hydrogens is 367 g/mol. The topological polar surface area (TPSA) is 29.3 Å². The van der Waals surface area contributed by atoms with Crippen LogP contribution in [0.2, 0.25) is 0 Å². The van der Waals surface area contributed by atoms with Crippen LogP contribution in [0.15, 0.2) is 57.6 Å². The van der Waals surface area contributed by atoms with Crippen LogP contribution in [-0.4, -0.2) is 19.3 Å². The van der Waals surface area contributed by atoms with Gasteiger partial charge in [0.05, 0.1) is 10.6 Å². The van der Waals surface area contributed by atoms with Gasteiger partial charge < -0.3 is 9.42 Å². The van der Waals surface area contributed by atoms with Gasteiger partial charge >= 0.3 is 0 Å². The van der Waals surface area contributed by atoms with E-state index in [2.05, 4.69) is 17.3 Å². The summed E-state index contributed by atoms with van der Waals surface area (Å²) >= 11 is 13.7. The number of rotatable bonds is 3. The standard InChI is InChI=1S/C21H22Cl2N2O/c1-25(2)20-17-10-6-9-16(19(17)24-26-20)15-11-12-21(23,13-18(15)22)14-7-4-3-5-8-14/h3-5,7-8,11-12,16H,6,9-10,13H2,1-2H3. The van der Waals surface area contributed by atoms with Crippen LogP contribution in [0.5, 0.6) is 0 Å². The number of hydrogen-bond donors (Lipinski definition) is 0. The molecule has 2 atom stereocenters. The number of hydrogen-bond acceptors (Lipinski definition) is 3. The summed E-state index contributed by atoms with van der Waals surface area (Å²) in [4.78, 5) is 1.40. The maximum absolute atomic E-state index is 6.90. The largest absolute Gasteiger partial charge is 0.347 e. The molecule has 0 N–H and O–H groups in total. The Morgan fingerprint density at radius 3 is 2.69 bits per heavy atom. The second-order valence-electron chi connectivity index (χ2n) is 7.29. The molecule has 0 saturated heterocycles. The number of allylic oxidation sites excluding steroid dienone is 4. The first-order valence-corrected chi connectivity index (χ1v) is 9.73. The number of halogens is 2. The molecule has 136 valence electrons.